The van der Waals surface area contributed by atoms with Crippen LogP contribution in [-0.2, 0) is 0 Å². The molecule has 0 radical (unpaired) electrons. The number of benzene rings is 2. The lowest BCUT2D eigenvalue weighted by atomic mass is 10.0. The smallest absolute Gasteiger partial charge is 0.141 e. The van der Waals surface area contributed by atoms with Gasteiger partial charge in [-0.05, 0) is 40.5 Å². The van der Waals surface area contributed by atoms with Crippen LogP contribution in [0.3, 0.4) is 0 Å². The monoisotopic (exact) mass is 330 g/mol. The van der Waals surface area contributed by atoms with Crippen LogP contribution in [0.1, 0.15) is 5.56 Å². The van der Waals surface area contributed by atoms with Crippen LogP contribution in [0.15, 0.2) is 16.6 Å². The third-order valence-electron chi connectivity index (χ3n) is 2.89. The first-order valence-corrected chi connectivity index (χ1v) is 6.41. The summed E-state index contributed by atoms with van der Waals surface area (Å²) in [6.45, 7) is 1.82. The van der Waals surface area contributed by atoms with Crippen molar-refractivity contribution in [3.63, 3.8) is 0 Å². The second kappa shape index (κ2) is 4.86. The molecule has 0 amide bonds. The third-order valence-corrected chi connectivity index (χ3v) is 4.33. The number of rotatable bonds is 2. The zero-order valence-electron chi connectivity index (χ0n) is 10.2. The van der Waals surface area contributed by atoms with E-state index in [2.05, 4.69) is 15.9 Å². The molecular weight excluding hydrogens is 319 g/mol. The summed E-state index contributed by atoms with van der Waals surface area (Å²) in [5.41, 5.74) is 0.758. The van der Waals surface area contributed by atoms with Crippen LogP contribution in [0.4, 0.5) is 0 Å². The Bertz CT molecular complexity index is 571. The van der Waals surface area contributed by atoms with Gasteiger partial charge in [0, 0.05) is 0 Å². The predicted molar refractivity (Wildman–Crippen MR) is 76.2 cm³/mol. The maximum absolute atomic E-state index is 10.3. The Labute approximate surface area is 118 Å². The summed E-state index contributed by atoms with van der Waals surface area (Å²) < 4.78 is 11.1. The van der Waals surface area contributed by atoms with Gasteiger partial charge in [-0.15, -0.1) is 0 Å². The molecule has 2 aromatic carbocycles. The van der Waals surface area contributed by atoms with Crippen molar-refractivity contribution < 1.29 is 14.6 Å². The van der Waals surface area contributed by atoms with Crippen LogP contribution in [0.2, 0.25) is 5.02 Å². The molecule has 0 unspecified atom stereocenters. The lowest BCUT2D eigenvalue weighted by Crippen LogP contribution is -1.93. The molecule has 0 aromatic heterocycles. The summed E-state index contributed by atoms with van der Waals surface area (Å²) in [6, 6.07) is 3.50. The molecule has 18 heavy (non-hydrogen) atoms. The lowest BCUT2D eigenvalue weighted by Gasteiger charge is -2.15. The van der Waals surface area contributed by atoms with Crippen molar-refractivity contribution in [1.29, 1.82) is 0 Å². The Kier molecular flexibility index (Phi) is 3.59. The first-order valence-electron chi connectivity index (χ1n) is 5.24. The molecular formula is C13H12BrClO3. The number of fused-ring (bicyclic) bond motifs is 1. The van der Waals surface area contributed by atoms with Crippen molar-refractivity contribution >= 4 is 38.3 Å². The van der Waals surface area contributed by atoms with Crippen LogP contribution in [-0.4, -0.2) is 19.3 Å². The van der Waals surface area contributed by atoms with Crippen LogP contribution < -0.4 is 9.47 Å². The zero-order valence-corrected chi connectivity index (χ0v) is 12.5. The lowest BCUT2D eigenvalue weighted by molar-refractivity contribution is 0.407. The highest BCUT2D eigenvalue weighted by atomic mass is 79.9. The van der Waals surface area contributed by atoms with Gasteiger partial charge in [-0.2, -0.15) is 0 Å². The SMILES string of the molecule is COc1ccc(OC)c2c(Cl)c(C)c(Br)c(O)c12. The van der Waals surface area contributed by atoms with Crippen molar-refractivity contribution in [3.8, 4) is 17.2 Å². The minimum Gasteiger partial charge on any atom is -0.506 e. The summed E-state index contributed by atoms with van der Waals surface area (Å²) >= 11 is 9.67. The van der Waals surface area contributed by atoms with Gasteiger partial charge >= 0.3 is 0 Å². The van der Waals surface area contributed by atoms with Crippen molar-refractivity contribution in [3.05, 3.63) is 27.2 Å². The Morgan fingerprint density at radius 2 is 1.61 bits per heavy atom. The maximum Gasteiger partial charge on any atom is 0.141 e. The molecule has 0 saturated carbocycles. The second-order valence-corrected chi connectivity index (χ2v) is 4.99. The minimum atomic E-state index is 0.0997. The van der Waals surface area contributed by atoms with Gasteiger partial charge in [0.1, 0.15) is 17.2 Å². The third kappa shape index (κ3) is 1.80. The normalized spacial score (nSPS) is 10.7. The highest BCUT2D eigenvalue weighted by Gasteiger charge is 2.20. The molecule has 0 atom stereocenters. The van der Waals surface area contributed by atoms with Crippen molar-refractivity contribution in [2.75, 3.05) is 14.2 Å². The maximum atomic E-state index is 10.3. The molecule has 0 saturated heterocycles. The Morgan fingerprint density at radius 3 is 2.11 bits per heavy atom. The summed E-state index contributed by atoms with van der Waals surface area (Å²) in [6.07, 6.45) is 0. The van der Waals surface area contributed by atoms with Gasteiger partial charge in [0.15, 0.2) is 0 Å². The average Bonchev–Trinajstić information content (AvgIpc) is 2.40. The molecule has 0 aliphatic heterocycles. The van der Waals surface area contributed by atoms with Crippen LogP contribution >= 0.6 is 27.5 Å². The zero-order chi connectivity index (χ0) is 13.4. The van der Waals surface area contributed by atoms with Crippen LogP contribution in [0.25, 0.3) is 10.8 Å². The standard InChI is InChI=1S/C13H12BrClO3/c1-6-11(14)13(16)10-8(18-3)5-4-7(17-2)9(10)12(6)15/h4-5,16H,1-3H3. The summed E-state index contributed by atoms with van der Waals surface area (Å²) in [5.74, 6) is 1.25. The van der Waals surface area contributed by atoms with E-state index in [0.29, 0.717) is 31.8 Å². The van der Waals surface area contributed by atoms with Gasteiger partial charge in [0.05, 0.1) is 34.5 Å². The quantitative estimate of drug-likeness (QED) is 0.892. The number of phenolic OH excluding ortho intramolecular Hbond substituents is 1. The molecule has 3 nitrogen and oxygen atoms in total. The molecule has 2 rings (SSSR count). The molecule has 1 N–H and O–H groups in total. The Morgan fingerprint density at radius 1 is 1.11 bits per heavy atom. The first-order chi connectivity index (χ1) is 8.52. The second-order valence-electron chi connectivity index (χ2n) is 3.82. The number of ether oxygens (including phenoxy) is 2. The largest absolute Gasteiger partial charge is 0.506 e. The molecule has 96 valence electrons. The Hall–Kier alpha value is -1.13. The van der Waals surface area contributed by atoms with Crippen molar-refractivity contribution in [2.24, 2.45) is 0 Å². The fourth-order valence-corrected chi connectivity index (χ4v) is 2.72. The highest BCUT2D eigenvalue weighted by Crippen LogP contribution is 2.48. The summed E-state index contributed by atoms with van der Waals surface area (Å²) in [4.78, 5) is 0. The summed E-state index contributed by atoms with van der Waals surface area (Å²) in [5, 5.41) is 12.0. The molecule has 0 aliphatic carbocycles. The van der Waals surface area contributed by atoms with Gasteiger partial charge in [-0.3, -0.25) is 0 Å². The molecule has 0 heterocycles. The number of hydrogen-bond acceptors (Lipinski definition) is 3. The molecule has 0 fully saturated rings. The number of methoxy groups -OCH3 is 2. The molecule has 0 spiro atoms. The van der Waals surface area contributed by atoms with E-state index in [9.17, 15) is 5.11 Å². The van der Waals surface area contributed by atoms with E-state index in [1.54, 1.807) is 26.4 Å². The summed E-state index contributed by atoms with van der Waals surface area (Å²) in [7, 11) is 3.11. The highest BCUT2D eigenvalue weighted by molar-refractivity contribution is 9.10. The number of phenols is 1. The van der Waals surface area contributed by atoms with Gasteiger partial charge < -0.3 is 14.6 Å². The molecule has 0 bridgehead atoms. The number of aromatic hydroxyl groups is 1. The van der Waals surface area contributed by atoms with E-state index in [4.69, 9.17) is 21.1 Å². The number of halogens is 2. The predicted octanol–water partition coefficient (Wildman–Crippen LogP) is 4.29. The van der Waals surface area contributed by atoms with Gasteiger partial charge in [0.25, 0.3) is 0 Å². The minimum absolute atomic E-state index is 0.0997. The van der Waals surface area contributed by atoms with Crippen LogP contribution in [0.5, 0.6) is 17.2 Å². The number of hydrogen-bond donors (Lipinski definition) is 1. The molecule has 5 heteroatoms. The molecule has 2 aromatic rings. The van der Waals surface area contributed by atoms with Crippen LogP contribution in [0, 0.1) is 6.92 Å². The van der Waals surface area contributed by atoms with E-state index >= 15 is 0 Å². The fraction of sp³-hybridized carbons (Fsp3) is 0.231. The van der Waals surface area contributed by atoms with Gasteiger partial charge in [0.2, 0.25) is 0 Å². The fourth-order valence-electron chi connectivity index (χ4n) is 1.93. The van der Waals surface area contributed by atoms with E-state index < -0.39 is 0 Å². The Balaban J connectivity index is 3.06. The van der Waals surface area contributed by atoms with Crippen molar-refractivity contribution in [2.45, 2.75) is 6.92 Å². The molecule has 0 aliphatic rings. The topological polar surface area (TPSA) is 38.7 Å². The van der Waals surface area contributed by atoms with Gasteiger partial charge in [-0.1, -0.05) is 11.6 Å². The van der Waals surface area contributed by atoms with Gasteiger partial charge in [-0.25, -0.2) is 0 Å². The van der Waals surface area contributed by atoms with E-state index in [0.717, 1.165) is 5.56 Å². The van der Waals surface area contributed by atoms with E-state index in [1.165, 1.54) is 0 Å². The first kappa shape index (κ1) is 13.3. The average molecular weight is 332 g/mol. The van der Waals surface area contributed by atoms with E-state index in [-0.39, 0.29) is 5.75 Å². The van der Waals surface area contributed by atoms with E-state index in [1.807, 2.05) is 6.92 Å². The van der Waals surface area contributed by atoms with Crippen molar-refractivity contribution in [1.82, 2.24) is 0 Å².